The van der Waals surface area contributed by atoms with Crippen molar-refractivity contribution >= 4 is 11.4 Å². The molecule has 0 heterocycles. The van der Waals surface area contributed by atoms with Crippen molar-refractivity contribution in [2.45, 2.75) is 13.8 Å². The number of hydrogen-bond donors (Lipinski definition) is 0. The number of nitrogens with zero attached hydrogens (tertiary/aromatic N) is 1. The van der Waals surface area contributed by atoms with E-state index >= 15 is 0 Å². The van der Waals surface area contributed by atoms with Crippen LogP contribution < -0.4 is 4.90 Å². The first-order valence-electron chi connectivity index (χ1n) is 9.70. The minimum atomic E-state index is 1.21. The Morgan fingerprint density at radius 1 is 0.429 bits per heavy atom. The van der Waals surface area contributed by atoms with Crippen LogP contribution in [0.5, 0.6) is 0 Å². The van der Waals surface area contributed by atoms with E-state index in [-0.39, 0.29) is 0 Å². The zero-order valence-electron chi connectivity index (χ0n) is 16.7. The van der Waals surface area contributed by atoms with Crippen molar-refractivity contribution in [3.8, 4) is 22.3 Å². The highest BCUT2D eigenvalue weighted by Crippen LogP contribution is 2.40. The van der Waals surface area contributed by atoms with Gasteiger partial charge in [0.05, 0.1) is 0 Å². The van der Waals surface area contributed by atoms with Crippen molar-refractivity contribution in [1.29, 1.82) is 0 Å². The molecule has 0 N–H and O–H groups in total. The Morgan fingerprint density at radius 2 is 0.750 bits per heavy atom. The van der Waals surface area contributed by atoms with Crippen LogP contribution in [0.1, 0.15) is 11.1 Å². The summed E-state index contributed by atoms with van der Waals surface area (Å²) < 4.78 is 0. The average molecular weight is 364 g/mol. The lowest BCUT2D eigenvalue weighted by Crippen LogP contribution is -2.12. The number of hydrogen-bond acceptors (Lipinski definition) is 1. The SMILES string of the molecule is Cc1ccccc1-c1ccccc1N(C)c1ccccc1-c1ccccc1C. The van der Waals surface area contributed by atoms with Crippen LogP contribution >= 0.6 is 0 Å². The van der Waals surface area contributed by atoms with Crippen molar-refractivity contribution in [1.82, 2.24) is 0 Å². The number of rotatable bonds is 4. The number of anilines is 2. The molecule has 4 aromatic rings. The van der Waals surface area contributed by atoms with Gasteiger partial charge in [0.25, 0.3) is 0 Å². The molecule has 0 atom stereocenters. The van der Waals surface area contributed by atoms with E-state index in [2.05, 4.69) is 123 Å². The second-order valence-corrected chi connectivity index (χ2v) is 7.22. The third-order valence-corrected chi connectivity index (χ3v) is 5.40. The molecule has 0 spiro atoms. The van der Waals surface area contributed by atoms with E-state index in [0.717, 1.165) is 0 Å². The first kappa shape index (κ1) is 18.1. The maximum Gasteiger partial charge on any atom is 0.0488 e. The van der Waals surface area contributed by atoms with Crippen molar-refractivity contribution in [2.75, 3.05) is 11.9 Å². The van der Waals surface area contributed by atoms with Crippen molar-refractivity contribution in [3.63, 3.8) is 0 Å². The Balaban J connectivity index is 1.86. The van der Waals surface area contributed by atoms with Gasteiger partial charge in [-0.1, -0.05) is 84.9 Å². The maximum absolute atomic E-state index is 2.31. The molecule has 0 saturated heterocycles. The van der Waals surface area contributed by atoms with Crippen LogP contribution in [-0.4, -0.2) is 7.05 Å². The van der Waals surface area contributed by atoms with E-state index in [1.165, 1.54) is 44.8 Å². The molecule has 4 aromatic carbocycles. The smallest absolute Gasteiger partial charge is 0.0488 e. The van der Waals surface area contributed by atoms with Gasteiger partial charge < -0.3 is 4.90 Å². The third kappa shape index (κ3) is 3.32. The summed E-state index contributed by atoms with van der Waals surface area (Å²) in [6.45, 7) is 4.35. The molecule has 0 aliphatic rings. The Kier molecular flexibility index (Phi) is 4.99. The molecule has 4 rings (SSSR count). The van der Waals surface area contributed by atoms with Gasteiger partial charge in [-0.3, -0.25) is 0 Å². The van der Waals surface area contributed by atoms with Gasteiger partial charge in [-0.05, 0) is 48.2 Å². The lowest BCUT2D eigenvalue weighted by molar-refractivity contribution is 1.21. The van der Waals surface area contributed by atoms with E-state index in [9.17, 15) is 0 Å². The zero-order valence-corrected chi connectivity index (χ0v) is 16.7. The summed E-state index contributed by atoms with van der Waals surface area (Å²) in [5.74, 6) is 0. The van der Waals surface area contributed by atoms with Gasteiger partial charge in [-0.2, -0.15) is 0 Å². The average Bonchev–Trinajstić information content (AvgIpc) is 2.74. The summed E-state index contributed by atoms with van der Waals surface area (Å²) in [5.41, 5.74) is 10.0. The van der Waals surface area contributed by atoms with Crippen LogP contribution in [0.2, 0.25) is 0 Å². The molecular weight excluding hydrogens is 338 g/mol. The highest BCUT2D eigenvalue weighted by molar-refractivity contribution is 5.89. The third-order valence-electron chi connectivity index (χ3n) is 5.40. The van der Waals surface area contributed by atoms with Gasteiger partial charge in [0.2, 0.25) is 0 Å². The van der Waals surface area contributed by atoms with Gasteiger partial charge in [0.15, 0.2) is 0 Å². The first-order valence-corrected chi connectivity index (χ1v) is 9.70. The minimum Gasteiger partial charge on any atom is -0.344 e. The normalized spacial score (nSPS) is 10.7. The molecule has 0 saturated carbocycles. The summed E-state index contributed by atoms with van der Waals surface area (Å²) in [7, 11) is 2.16. The monoisotopic (exact) mass is 363 g/mol. The van der Waals surface area contributed by atoms with E-state index in [1.807, 2.05) is 0 Å². The lowest BCUT2D eigenvalue weighted by Gasteiger charge is -2.26. The molecule has 1 nitrogen and oxygen atoms in total. The van der Waals surface area contributed by atoms with E-state index in [4.69, 9.17) is 0 Å². The summed E-state index contributed by atoms with van der Waals surface area (Å²) in [4.78, 5) is 2.31. The van der Waals surface area contributed by atoms with Crippen molar-refractivity contribution < 1.29 is 0 Å². The van der Waals surface area contributed by atoms with Gasteiger partial charge in [-0.25, -0.2) is 0 Å². The van der Waals surface area contributed by atoms with Crippen LogP contribution in [0.15, 0.2) is 97.1 Å². The largest absolute Gasteiger partial charge is 0.344 e. The highest BCUT2D eigenvalue weighted by Gasteiger charge is 2.15. The second kappa shape index (κ2) is 7.74. The predicted octanol–water partition coefficient (Wildman–Crippen LogP) is 7.41. The van der Waals surface area contributed by atoms with E-state index in [1.54, 1.807) is 0 Å². The Bertz CT molecular complexity index is 1020. The highest BCUT2D eigenvalue weighted by atomic mass is 15.1. The molecule has 0 bridgehead atoms. The van der Waals surface area contributed by atoms with Gasteiger partial charge in [0, 0.05) is 29.5 Å². The summed E-state index contributed by atoms with van der Waals surface area (Å²) >= 11 is 0. The molecule has 0 aliphatic carbocycles. The lowest BCUT2D eigenvalue weighted by atomic mass is 9.96. The molecule has 0 fully saturated rings. The minimum absolute atomic E-state index is 1.21. The van der Waals surface area contributed by atoms with E-state index in [0.29, 0.717) is 0 Å². The molecule has 0 aliphatic heterocycles. The fraction of sp³-hybridized carbons (Fsp3) is 0.111. The molecule has 1 heteroatoms. The van der Waals surface area contributed by atoms with Crippen LogP contribution in [0.4, 0.5) is 11.4 Å². The molecule has 0 radical (unpaired) electrons. The summed E-state index contributed by atoms with van der Waals surface area (Å²) in [6, 6.07) is 34.5. The standard InChI is InChI=1S/C27H25N/c1-20-12-4-6-14-22(20)24-16-8-10-18-26(24)28(3)27-19-11-9-17-25(27)23-15-7-5-13-21(23)2/h4-19H,1-3H3. The van der Waals surface area contributed by atoms with Crippen molar-refractivity contribution in [2.24, 2.45) is 0 Å². The fourth-order valence-corrected chi connectivity index (χ4v) is 3.87. The number of aryl methyl sites for hydroxylation is 2. The number of para-hydroxylation sites is 2. The maximum atomic E-state index is 2.31. The number of benzene rings is 4. The molecule has 0 unspecified atom stereocenters. The zero-order chi connectivity index (χ0) is 19.5. The van der Waals surface area contributed by atoms with Crippen LogP contribution in [0, 0.1) is 13.8 Å². The van der Waals surface area contributed by atoms with Gasteiger partial charge >= 0.3 is 0 Å². The van der Waals surface area contributed by atoms with Crippen molar-refractivity contribution in [3.05, 3.63) is 108 Å². The molecule has 138 valence electrons. The quantitative estimate of drug-likeness (QED) is 0.365. The Morgan fingerprint density at radius 3 is 1.14 bits per heavy atom. The predicted molar refractivity (Wildman–Crippen MR) is 121 cm³/mol. The first-order chi connectivity index (χ1) is 13.7. The van der Waals surface area contributed by atoms with Crippen LogP contribution in [0.25, 0.3) is 22.3 Å². The van der Waals surface area contributed by atoms with Crippen LogP contribution in [-0.2, 0) is 0 Å². The van der Waals surface area contributed by atoms with Crippen LogP contribution in [0.3, 0.4) is 0 Å². The second-order valence-electron chi connectivity index (χ2n) is 7.22. The summed E-state index contributed by atoms with van der Waals surface area (Å²) in [5, 5.41) is 0. The van der Waals surface area contributed by atoms with E-state index < -0.39 is 0 Å². The summed E-state index contributed by atoms with van der Waals surface area (Å²) in [6.07, 6.45) is 0. The molecule has 0 aromatic heterocycles. The van der Waals surface area contributed by atoms with Gasteiger partial charge in [-0.15, -0.1) is 0 Å². The van der Waals surface area contributed by atoms with Gasteiger partial charge in [0.1, 0.15) is 0 Å². The Hall–Kier alpha value is -3.32. The topological polar surface area (TPSA) is 3.24 Å². The fourth-order valence-electron chi connectivity index (χ4n) is 3.87. The Labute approximate surface area is 167 Å². The molecular formula is C27H25N. The molecule has 28 heavy (non-hydrogen) atoms. The molecule has 0 amide bonds.